The lowest BCUT2D eigenvalue weighted by molar-refractivity contribution is -0.387. The number of pyridine rings is 1. The number of aromatic nitrogens is 1. The third-order valence-corrected chi connectivity index (χ3v) is 7.84. The maximum Gasteiger partial charge on any atom is 0.289 e. The Morgan fingerprint density at radius 1 is 0.939 bits per heavy atom. The summed E-state index contributed by atoms with van der Waals surface area (Å²) in [5.41, 5.74) is 1.83. The van der Waals surface area contributed by atoms with Crippen LogP contribution in [0.5, 0.6) is 0 Å². The Morgan fingerprint density at radius 2 is 1.61 bits per heavy atom. The summed E-state index contributed by atoms with van der Waals surface area (Å²) in [5, 5.41) is 15.9. The molecule has 1 aliphatic carbocycles. The molecule has 9 heteroatoms. The largest absolute Gasteiger partial charge is 0.312 e. The number of para-hydroxylation sites is 2. The molecule has 3 aromatic rings. The van der Waals surface area contributed by atoms with Gasteiger partial charge >= 0.3 is 0 Å². The Kier molecular flexibility index (Phi) is 7.32. The quantitative estimate of drug-likeness (QED) is 0.362. The number of rotatable bonds is 9. The summed E-state index contributed by atoms with van der Waals surface area (Å²) in [6.45, 7) is 2.02. The molecule has 2 aromatic carbocycles. The van der Waals surface area contributed by atoms with Crippen molar-refractivity contribution in [2.45, 2.75) is 37.1 Å². The highest BCUT2D eigenvalue weighted by Gasteiger charge is 2.27. The summed E-state index contributed by atoms with van der Waals surface area (Å²) >= 11 is 0. The molecule has 1 saturated carbocycles. The molecule has 0 bridgehead atoms. The molecule has 0 unspecified atom stereocenters. The van der Waals surface area contributed by atoms with Gasteiger partial charge in [-0.05, 0) is 67.8 Å². The van der Waals surface area contributed by atoms with Crippen LogP contribution in [0.25, 0.3) is 10.9 Å². The van der Waals surface area contributed by atoms with Crippen LogP contribution in [0.1, 0.15) is 31.2 Å². The van der Waals surface area contributed by atoms with Gasteiger partial charge < -0.3 is 5.32 Å². The summed E-state index contributed by atoms with van der Waals surface area (Å²) in [6.07, 6.45) is 5.77. The molecule has 1 heterocycles. The minimum atomic E-state index is -3.92. The fraction of sp³-hybridized carbons (Fsp3) is 0.375. The number of nitrogens with zero attached hydrogens (tertiary/aromatic N) is 2. The fourth-order valence-electron chi connectivity index (χ4n) is 4.50. The molecular formula is C24H28N4O4S. The fourth-order valence-corrected chi connectivity index (χ4v) is 5.79. The number of benzene rings is 2. The third-order valence-electron chi connectivity index (χ3n) is 6.37. The molecule has 0 atom stereocenters. The van der Waals surface area contributed by atoms with Gasteiger partial charge in [0, 0.05) is 30.7 Å². The SMILES string of the molecule is O=[N+]([O-])c1ccccc1S(=O)(=O)NCC1CCC(CNCc2ccnc3ccccc23)CC1. The van der Waals surface area contributed by atoms with Crippen molar-refractivity contribution in [3.8, 4) is 0 Å². The van der Waals surface area contributed by atoms with Crippen molar-refractivity contribution in [1.82, 2.24) is 15.0 Å². The van der Waals surface area contributed by atoms with Crippen LogP contribution < -0.4 is 10.0 Å². The van der Waals surface area contributed by atoms with Gasteiger partial charge in [0.15, 0.2) is 4.90 Å². The number of nitro groups is 1. The lowest BCUT2D eigenvalue weighted by Crippen LogP contribution is -2.33. The zero-order valence-corrected chi connectivity index (χ0v) is 19.1. The number of nitro benzene ring substituents is 1. The van der Waals surface area contributed by atoms with Gasteiger partial charge in [0.05, 0.1) is 10.4 Å². The molecule has 2 N–H and O–H groups in total. The molecule has 174 valence electrons. The number of hydrogen-bond acceptors (Lipinski definition) is 6. The average Bonchev–Trinajstić information content (AvgIpc) is 2.84. The van der Waals surface area contributed by atoms with Crippen LogP contribution >= 0.6 is 0 Å². The number of hydrogen-bond donors (Lipinski definition) is 2. The van der Waals surface area contributed by atoms with E-state index in [0.717, 1.165) is 44.3 Å². The van der Waals surface area contributed by atoms with Gasteiger partial charge in [-0.25, -0.2) is 13.1 Å². The zero-order chi connectivity index (χ0) is 23.3. The van der Waals surface area contributed by atoms with Crippen LogP contribution in [-0.2, 0) is 16.6 Å². The molecule has 0 saturated heterocycles. The second-order valence-corrected chi connectivity index (χ2v) is 10.3. The van der Waals surface area contributed by atoms with Crippen LogP contribution in [0.15, 0.2) is 65.7 Å². The Labute approximate surface area is 193 Å². The zero-order valence-electron chi connectivity index (χ0n) is 18.3. The van der Waals surface area contributed by atoms with Gasteiger partial charge in [-0.2, -0.15) is 0 Å². The van der Waals surface area contributed by atoms with Crippen LogP contribution in [0.3, 0.4) is 0 Å². The summed E-state index contributed by atoms with van der Waals surface area (Å²) in [5.74, 6) is 0.795. The molecule has 8 nitrogen and oxygen atoms in total. The average molecular weight is 469 g/mol. The van der Waals surface area contributed by atoms with Gasteiger partial charge in [-0.15, -0.1) is 0 Å². The second kappa shape index (κ2) is 10.4. The standard InChI is InChI=1S/C24H28N4O4S/c29-28(30)23-7-3-4-8-24(23)33(31,32)27-16-19-11-9-18(10-12-19)15-25-17-20-13-14-26-22-6-2-1-5-21(20)22/h1-8,13-14,18-19,25,27H,9-12,15-17H2. The molecule has 0 spiro atoms. The normalized spacial score (nSPS) is 18.9. The van der Waals surface area contributed by atoms with E-state index in [1.807, 2.05) is 24.4 Å². The van der Waals surface area contributed by atoms with Crippen molar-refractivity contribution in [1.29, 1.82) is 0 Å². The van der Waals surface area contributed by atoms with E-state index in [1.165, 1.54) is 35.2 Å². The lowest BCUT2D eigenvalue weighted by Gasteiger charge is -2.28. The van der Waals surface area contributed by atoms with Crippen LogP contribution in [0, 0.1) is 22.0 Å². The number of sulfonamides is 1. The highest BCUT2D eigenvalue weighted by atomic mass is 32.2. The highest BCUT2D eigenvalue weighted by molar-refractivity contribution is 7.89. The smallest absolute Gasteiger partial charge is 0.289 e. The number of fused-ring (bicyclic) bond motifs is 1. The molecule has 0 aliphatic heterocycles. The molecule has 1 aromatic heterocycles. The first-order chi connectivity index (χ1) is 15.9. The van der Waals surface area contributed by atoms with E-state index in [0.29, 0.717) is 12.5 Å². The summed E-state index contributed by atoms with van der Waals surface area (Å²) < 4.78 is 27.8. The van der Waals surface area contributed by atoms with E-state index >= 15 is 0 Å². The first-order valence-corrected chi connectivity index (χ1v) is 12.7. The molecule has 1 fully saturated rings. The Bertz CT molecular complexity index is 1220. The molecule has 0 amide bonds. The van der Waals surface area contributed by atoms with Crippen molar-refractivity contribution in [3.05, 3.63) is 76.5 Å². The third kappa shape index (κ3) is 5.73. The van der Waals surface area contributed by atoms with Crippen molar-refractivity contribution >= 4 is 26.6 Å². The van der Waals surface area contributed by atoms with Gasteiger partial charge in [0.25, 0.3) is 5.69 Å². The Hall–Kier alpha value is -2.88. The highest BCUT2D eigenvalue weighted by Crippen LogP contribution is 2.29. The van der Waals surface area contributed by atoms with Gasteiger partial charge in [0.1, 0.15) is 0 Å². The Morgan fingerprint density at radius 3 is 2.36 bits per heavy atom. The van der Waals surface area contributed by atoms with E-state index < -0.39 is 20.6 Å². The Balaban J connectivity index is 1.24. The van der Waals surface area contributed by atoms with Crippen LogP contribution in [0.2, 0.25) is 0 Å². The maximum absolute atomic E-state index is 12.6. The van der Waals surface area contributed by atoms with Gasteiger partial charge in [-0.1, -0.05) is 30.3 Å². The molecular weight excluding hydrogens is 440 g/mol. The van der Waals surface area contributed by atoms with E-state index in [-0.39, 0.29) is 10.8 Å². The predicted molar refractivity (Wildman–Crippen MR) is 127 cm³/mol. The maximum atomic E-state index is 12.6. The van der Waals surface area contributed by atoms with Crippen molar-refractivity contribution in [2.75, 3.05) is 13.1 Å². The van der Waals surface area contributed by atoms with Crippen LogP contribution in [-0.4, -0.2) is 31.4 Å². The molecule has 0 radical (unpaired) electrons. The first-order valence-electron chi connectivity index (χ1n) is 11.2. The molecule has 33 heavy (non-hydrogen) atoms. The monoisotopic (exact) mass is 468 g/mol. The molecule has 4 rings (SSSR count). The van der Waals surface area contributed by atoms with Gasteiger partial charge in [0.2, 0.25) is 10.0 Å². The summed E-state index contributed by atoms with van der Waals surface area (Å²) in [4.78, 5) is 14.6. The second-order valence-electron chi connectivity index (χ2n) is 8.58. The first kappa shape index (κ1) is 23.3. The van der Waals surface area contributed by atoms with Crippen LogP contribution in [0.4, 0.5) is 5.69 Å². The van der Waals surface area contributed by atoms with Crippen molar-refractivity contribution in [3.63, 3.8) is 0 Å². The van der Waals surface area contributed by atoms with E-state index in [9.17, 15) is 18.5 Å². The van der Waals surface area contributed by atoms with E-state index in [2.05, 4.69) is 27.2 Å². The summed E-state index contributed by atoms with van der Waals surface area (Å²) in [6, 6.07) is 15.6. The minimum Gasteiger partial charge on any atom is -0.312 e. The number of nitrogens with one attached hydrogen (secondary N) is 2. The molecule has 1 aliphatic rings. The van der Waals surface area contributed by atoms with Gasteiger partial charge in [-0.3, -0.25) is 15.1 Å². The van der Waals surface area contributed by atoms with E-state index in [4.69, 9.17) is 0 Å². The topological polar surface area (TPSA) is 114 Å². The van der Waals surface area contributed by atoms with Crippen molar-refractivity contribution in [2.24, 2.45) is 11.8 Å². The predicted octanol–water partition coefficient (Wildman–Crippen LogP) is 4.02. The summed E-state index contributed by atoms with van der Waals surface area (Å²) in [7, 11) is -3.92. The minimum absolute atomic E-state index is 0.239. The van der Waals surface area contributed by atoms with E-state index in [1.54, 1.807) is 0 Å². The van der Waals surface area contributed by atoms with Crippen molar-refractivity contribution < 1.29 is 13.3 Å². The lowest BCUT2D eigenvalue weighted by atomic mass is 9.82.